The first-order valence-corrected chi connectivity index (χ1v) is 8.50. The van der Waals surface area contributed by atoms with E-state index in [2.05, 4.69) is 4.72 Å². The molecule has 7 heteroatoms. The molecule has 0 radical (unpaired) electrons. The molecule has 1 aliphatic rings. The molecule has 2 rings (SSSR count). The molecule has 0 bridgehead atoms. The maximum Gasteiger partial charge on any atom is 0.219 e. The number of carbonyl (C=O) groups excluding carboxylic acids is 1. The summed E-state index contributed by atoms with van der Waals surface area (Å²) in [5, 5.41) is 0. The average Bonchev–Trinajstić information content (AvgIpc) is 2.46. The molecule has 0 saturated carbocycles. The summed E-state index contributed by atoms with van der Waals surface area (Å²) >= 11 is 0. The van der Waals surface area contributed by atoms with Crippen molar-refractivity contribution in [2.45, 2.75) is 18.8 Å². The van der Waals surface area contributed by atoms with E-state index in [4.69, 9.17) is 4.74 Å². The van der Waals surface area contributed by atoms with Crippen molar-refractivity contribution in [3.05, 3.63) is 35.9 Å². The number of sulfonamides is 1. The number of ether oxygens (including phenoxy) is 1. The number of benzene rings is 1. The van der Waals surface area contributed by atoms with E-state index in [1.54, 1.807) is 29.2 Å². The maximum absolute atomic E-state index is 12.0. The third-order valence-electron chi connectivity index (χ3n) is 3.31. The summed E-state index contributed by atoms with van der Waals surface area (Å²) in [7, 11) is -3.41. The number of morpholine rings is 1. The van der Waals surface area contributed by atoms with Gasteiger partial charge in [0.2, 0.25) is 15.9 Å². The summed E-state index contributed by atoms with van der Waals surface area (Å²) in [6.07, 6.45) is -0.298. The molecule has 1 aliphatic heterocycles. The quantitative estimate of drug-likeness (QED) is 0.851. The van der Waals surface area contributed by atoms with E-state index >= 15 is 0 Å². The summed E-state index contributed by atoms with van der Waals surface area (Å²) in [5.41, 5.74) is 0.736. The van der Waals surface area contributed by atoms with Crippen molar-refractivity contribution in [2.24, 2.45) is 0 Å². The van der Waals surface area contributed by atoms with Gasteiger partial charge in [-0.05, 0) is 5.56 Å². The van der Waals surface area contributed by atoms with Gasteiger partial charge in [0, 0.05) is 26.6 Å². The normalized spacial score (nSPS) is 19.5. The smallest absolute Gasteiger partial charge is 0.219 e. The van der Waals surface area contributed by atoms with Crippen molar-refractivity contribution in [2.75, 3.05) is 26.2 Å². The lowest BCUT2D eigenvalue weighted by atomic mass is 10.2. The van der Waals surface area contributed by atoms with Crippen LogP contribution < -0.4 is 4.72 Å². The van der Waals surface area contributed by atoms with Gasteiger partial charge in [0.1, 0.15) is 0 Å². The van der Waals surface area contributed by atoms with Crippen LogP contribution in [0.15, 0.2) is 30.3 Å². The first-order chi connectivity index (χ1) is 9.96. The van der Waals surface area contributed by atoms with Crippen LogP contribution in [0.2, 0.25) is 0 Å². The third kappa shape index (κ3) is 5.11. The molecule has 0 aromatic heterocycles. The minimum absolute atomic E-state index is 0.0181. The lowest BCUT2D eigenvalue weighted by molar-refractivity contribution is -0.136. The van der Waals surface area contributed by atoms with Gasteiger partial charge in [0.25, 0.3) is 0 Å². The minimum Gasteiger partial charge on any atom is -0.373 e. The first kappa shape index (κ1) is 15.9. The topological polar surface area (TPSA) is 75.7 Å². The van der Waals surface area contributed by atoms with Crippen molar-refractivity contribution in [3.8, 4) is 0 Å². The van der Waals surface area contributed by atoms with Gasteiger partial charge in [-0.2, -0.15) is 0 Å². The fourth-order valence-electron chi connectivity index (χ4n) is 2.19. The van der Waals surface area contributed by atoms with Crippen molar-refractivity contribution in [1.82, 2.24) is 9.62 Å². The Hall–Kier alpha value is -1.44. The third-order valence-corrected chi connectivity index (χ3v) is 4.63. The summed E-state index contributed by atoms with van der Waals surface area (Å²) in [6, 6.07) is 9.00. The van der Waals surface area contributed by atoms with Gasteiger partial charge >= 0.3 is 0 Å². The molecular formula is C14H20N2O4S. The molecule has 1 aromatic rings. The largest absolute Gasteiger partial charge is 0.373 e. The van der Waals surface area contributed by atoms with E-state index < -0.39 is 10.0 Å². The monoisotopic (exact) mass is 312 g/mol. The van der Waals surface area contributed by atoms with Gasteiger partial charge in [-0.15, -0.1) is 0 Å². The van der Waals surface area contributed by atoms with E-state index in [-0.39, 0.29) is 24.3 Å². The van der Waals surface area contributed by atoms with Gasteiger partial charge in [0.05, 0.1) is 18.5 Å². The van der Waals surface area contributed by atoms with Crippen LogP contribution in [0.5, 0.6) is 0 Å². The van der Waals surface area contributed by atoms with Crippen LogP contribution in [-0.4, -0.2) is 51.6 Å². The Bertz CT molecular complexity index is 574. The Morgan fingerprint density at radius 3 is 2.76 bits per heavy atom. The van der Waals surface area contributed by atoms with E-state index in [1.165, 1.54) is 6.92 Å². The second-order valence-corrected chi connectivity index (χ2v) is 6.86. The van der Waals surface area contributed by atoms with Crippen LogP contribution in [0.3, 0.4) is 0 Å². The highest BCUT2D eigenvalue weighted by atomic mass is 32.2. The van der Waals surface area contributed by atoms with Crippen LogP contribution in [0.25, 0.3) is 0 Å². The lowest BCUT2D eigenvalue weighted by Gasteiger charge is -2.32. The summed E-state index contributed by atoms with van der Waals surface area (Å²) in [6.45, 7) is 3.09. The Balaban J connectivity index is 1.85. The summed E-state index contributed by atoms with van der Waals surface area (Å²) < 4.78 is 32.1. The van der Waals surface area contributed by atoms with Gasteiger partial charge in [-0.1, -0.05) is 30.3 Å². The highest BCUT2D eigenvalue weighted by molar-refractivity contribution is 7.88. The fraction of sp³-hybridized carbons (Fsp3) is 0.500. The van der Waals surface area contributed by atoms with Crippen LogP contribution in [0.1, 0.15) is 12.5 Å². The van der Waals surface area contributed by atoms with E-state index in [1.807, 2.05) is 6.07 Å². The highest BCUT2D eigenvalue weighted by Gasteiger charge is 2.23. The molecule has 1 N–H and O–H groups in total. The number of hydrogen-bond donors (Lipinski definition) is 1. The predicted molar refractivity (Wildman–Crippen MR) is 79.1 cm³/mol. The molecule has 6 nitrogen and oxygen atoms in total. The first-order valence-electron chi connectivity index (χ1n) is 6.84. The molecule has 116 valence electrons. The summed E-state index contributed by atoms with van der Waals surface area (Å²) in [5.74, 6) is -0.0767. The second kappa shape index (κ2) is 7.02. The van der Waals surface area contributed by atoms with Crippen molar-refractivity contribution < 1.29 is 17.9 Å². The standard InChI is InChI=1S/C14H20N2O4S/c1-12(17)16-7-8-20-14(10-16)9-15-21(18,19)11-13-5-3-2-4-6-13/h2-6,14-15H,7-11H2,1H3/t14-/m1/s1. The fourth-order valence-corrected chi connectivity index (χ4v) is 3.37. The number of hydrogen-bond acceptors (Lipinski definition) is 4. The Labute approximate surface area is 125 Å². The number of amides is 1. The lowest BCUT2D eigenvalue weighted by Crippen LogP contribution is -2.49. The molecule has 21 heavy (non-hydrogen) atoms. The van der Waals surface area contributed by atoms with Crippen LogP contribution in [0, 0.1) is 0 Å². The van der Waals surface area contributed by atoms with Crippen molar-refractivity contribution in [1.29, 1.82) is 0 Å². The zero-order chi connectivity index (χ0) is 15.3. The van der Waals surface area contributed by atoms with Crippen molar-refractivity contribution >= 4 is 15.9 Å². The number of carbonyl (C=O) groups is 1. The molecular weight excluding hydrogens is 292 g/mol. The van der Waals surface area contributed by atoms with Crippen molar-refractivity contribution in [3.63, 3.8) is 0 Å². The van der Waals surface area contributed by atoms with E-state index in [9.17, 15) is 13.2 Å². The van der Waals surface area contributed by atoms with Crippen LogP contribution in [-0.2, 0) is 25.3 Å². The Morgan fingerprint density at radius 1 is 1.38 bits per heavy atom. The molecule has 0 unspecified atom stereocenters. The second-order valence-electron chi connectivity index (χ2n) is 5.05. The SMILES string of the molecule is CC(=O)N1CCO[C@H](CNS(=O)(=O)Cc2ccccc2)C1. The predicted octanol–water partition coefficient (Wildman–Crippen LogP) is 0.353. The van der Waals surface area contributed by atoms with Gasteiger partial charge < -0.3 is 9.64 Å². The molecule has 1 aromatic carbocycles. The Morgan fingerprint density at radius 2 is 2.10 bits per heavy atom. The zero-order valence-corrected chi connectivity index (χ0v) is 12.8. The van der Waals surface area contributed by atoms with Crippen LogP contribution in [0.4, 0.5) is 0 Å². The summed E-state index contributed by atoms with van der Waals surface area (Å²) in [4.78, 5) is 13.0. The molecule has 1 amide bonds. The maximum atomic E-state index is 12.0. The number of nitrogens with one attached hydrogen (secondary N) is 1. The number of nitrogens with zero attached hydrogens (tertiary/aromatic N) is 1. The molecule has 0 aliphatic carbocycles. The molecule has 1 saturated heterocycles. The number of rotatable bonds is 5. The van der Waals surface area contributed by atoms with E-state index in [0.29, 0.717) is 19.7 Å². The van der Waals surface area contributed by atoms with Gasteiger partial charge in [-0.25, -0.2) is 13.1 Å². The molecule has 1 atom stereocenters. The molecule has 1 fully saturated rings. The van der Waals surface area contributed by atoms with E-state index in [0.717, 1.165) is 5.56 Å². The van der Waals surface area contributed by atoms with Gasteiger partial charge in [0.15, 0.2) is 0 Å². The zero-order valence-electron chi connectivity index (χ0n) is 12.0. The van der Waals surface area contributed by atoms with Crippen LogP contribution >= 0.6 is 0 Å². The average molecular weight is 312 g/mol. The van der Waals surface area contributed by atoms with Gasteiger partial charge in [-0.3, -0.25) is 4.79 Å². The Kier molecular flexibility index (Phi) is 5.33. The molecule has 0 spiro atoms. The highest BCUT2D eigenvalue weighted by Crippen LogP contribution is 2.07. The minimum atomic E-state index is -3.41. The molecule has 1 heterocycles.